The Bertz CT molecular complexity index is 1190. The lowest BCUT2D eigenvalue weighted by atomic mass is 10.0. The average Bonchev–Trinajstić information content (AvgIpc) is 3.09. The minimum absolute atomic E-state index is 0.0238. The van der Waals surface area contributed by atoms with Crippen LogP contribution in [0.15, 0.2) is 0 Å². The molecule has 0 aliphatic heterocycles. The minimum Gasteiger partial charge on any atom is -0.480 e. The van der Waals surface area contributed by atoms with Gasteiger partial charge in [0.2, 0.25) is 35.4 Å². The summed E-state index contributed by atoms with van der Waals surface area (Å²) < 4.78 is 0. The molecule has 0 aliphatic rings. The zero-order chi connectivity index (χ0) is 41.4. The highest BCUT2D eigenvalue weighted by Gasteiger charge is 2.32. The molecule has 7 atom stereocenters. The minimum atomic E-state index is -1.21. The number of nitrogens with two attached hydrogens (primary N) is 4. The number of carbonyl (C=O) groups excluding carboxylic acids is 6. The maximum Gasteiger partial charge on any atom is 0.326 e. The highest BCUT2D eigenvalue weighted by atomic mass is 16.4. The molecule has 15 N–H and O–H groups in total. The lowest BCUT2D eigenvalue weighted by Crippen LogP contribution is -2.59. The van der Waals surface area contributed by atoms with E-state index in [2.05, 4.69) is 31.9 Å². The van der Waals surface area contributed by atoms with Crippen LogP contribution in [0.25, 0.3) is 0 Å². The molecule has 0 spiro atoms. The molecule has 0 aromatic heterocycles. The van der Waals surface area contributed by atoms with Gasteiger partial charge in [-0.15, -0.1) is 0 Å². The molecule has 18 nitrogen and oxygen atoms in total. The summed E-state index contributed by atoms with van der Waals surface area (Å²) in [6, 6.07) is -7.37. The van der Waals surface area contributed by atoms with E-state index >= 15 is 0 Å². The third-order valence-corrected chi connectivity index (χ3v) is 8.63. The smallest absolute Gasteiger partial charge is 0.326 e. The summed E-state index contributed by atoms with van der Waals surface area (Å²) in [5.74, 6) is -5.02. The zero-order valence-electron chi connectivity index (χ0n) is 33.2. The van der Waals surface area contributed by atoms with Crippen molar-refractivity contribution in [1.82, 2.24) is 31.9 Å². The molecule has 0 radical (unpaired) electrons. The van der Waals surface area contributed by atoms with Crippen molar-refractivity contribution >= 4 is 41.4 Å². The fourth-order valence-corrected chi connectivity index (χ4v) is 5.46. The number of aliphatic carboxylic acids is 1. The van der Waals surface area contributed by atoms with Crippen molar-refractivity contribution < 1.29 is 38.7 Å². The molecule has 312 valence electrons. The van der Waals surface area contributed by atoms with Crippen LogP contribution in [0, 0.1) is 11.8 Å². The van der Waals surface area contributed by atoms with Gasteiger partial charge in [0.1, 0.15) is 36.3 Å². The van der Waals surface area contributed by atoms with Crippen molar-refractivity contribution in [3.8, 4) is 0 Å². The fourth-order valence-electron chi connectivity index (χ4n) is 5.46. The molecule has 54 heavy (non-hydrogen) atoms. The largest absolute Gasteiger partial charge is 0.480 e. The number of carboxylic acid groups (broad SMARTS) is 1. The van der Waals surface area contributed by atoms with E-state index in [9.17, 15) is 38.7 Å². The van der Waals surface area contributed by atoms with Crippen molar-refractivity contribution in [3.05, 3.63) is 0 Å². The molecule has 0 aromatic rings. The summed E-state index contributed by atoms with van der Waals surface area (Å²) in [6.45, 7) is 11.5. The number of amides is 6. The van der Waals surface area contributed by atoms with Crippen LogP contribution in [-0.4, -0.2) is 108 Å². The summed E-state index contributed by atoms with van der Waals surface area (Å²) in [6.07, 6.45) is 4.73. The van der Waals surface area contributed by atoms with Gasteiger partial charge < -0.3 is 59.9 Å². The highest BCUT2D eigenvalue weighted by molar-refractivity contribution is 5.96. The van der Waals surface area contributed by atoms with Gasteiger partial charge in [0.05, 0.1) is 6.04 Å². The Morgan fingerprint density at radius 1 is 0.444 bits per heavy atom. The first-order valence-electron chi connectivity index (χ1n) is 19.3. The second kappa shape index (κ2) is 27.7. The van der Waals surface area contributed by atoms with Crippen LogP contribution >= 0.6 is 0 Å². The van der Waals surface area contributed by atoms with Gasteiger partial charge >= 0.3 is 5.97 Å². The van der Waals surface area contributed by atoms with E-state index in [1.54, 1.807) is 0 Å². The summed E-state index contributed by atoms with van der Waals surface area (Å²) >= 11 is 0. The predicted molar refractivity (Wildman–Crippen MR) is 206 cm³/mol. The van der Waals surface area contributed by atoms with Crippen LogP contribution in [0.5, 0.6) is 0 Å². The van der Waals surface area contributed by atoms with Crippen LogP contribution < -0.4 is 54.8 Å². The molecule has 0 saturated carbocycles. The van der Waals surface area contributed by atoms with E-state index in [0.29, 0.717) is 71.0 Å². The molecule has 0 fully saturated rings. The van der Waals surface area contributed by atoms with Crippen LogP contribution in [0.1, 0.15) is 112 Å². The van der Waals surface area contributed by atoms with Gasteiger partial charge in [-0.05, 0) is 110 Å². The van der Waals surface area contributed by atoms with E-state index in [1.165, 1.54) is 13.8 Å². The summed E-state index contributed by atoms with van der Waals surface area (Å²) in [4.78, 5) is 90.9. The number of nitrogens with one attached hydrogen (secondary N) is 6. The Kier molecular flexibility index (Phi) is 25.7. The quantitative estimate of drug-likeness (QED) is 0.0401. The Labute approximate surface area is 320 Å². The number of hydrogen-bond acceptors (Lipinski definition) is 11. The van der Waals surface area contributed by atoms with E-state index < -0.39 is 83.7 Å². The third kappa shape index (κ3) is 21.1. The Balaban J connectivity index is 5.78. The van der Waals surface area contributed by atoms with Crippen LogP contribution in [-0.2, 0) is 33.6 Å². The lowest BCUT2D eigenvalue weighted by Gasteiger charge is -2.27. The van der Waals surface area contributed by atoms with Crippen molar-refractivity contribution in [3.63, 3.8) is 0 Å². The second-order valence-electron chi connectivity index (χ2n) is 14.8. The molecule has 0 aromatic carbocycles. The van der Waals surface area contributed by atoms with Gasteiger partial charge in [-0.2, -0.15) is 0 Å². The first-order chi connectivity index (χ1) is 25.4. The number of carboxylic acids is 1. The van der Waals surface area contributed by atoms with Gasteiger partial charge in [-0.3, -0.25) is 28.8 Å². The van der Waals surface area contributed by atoms with E-state index in [4.69, 9.17) is 22.9 Å². The molecular formula is C36H70N10O8. The van der Waals surface area contributed by atoms with E-state index in [-0.39, 0.29) is 31.1 Å². The summed E-state index contributed by atoms with van der Waals surface area (Å²) in [7, 11) is 0. The molecule has 0 heterocycles. The van der Waals surface area contributed by atoms with Crippen LogP contribution in [0.4, 0.5) is 0 Å². The molecule has 0 bridgehead atoms. The number of unbranched alkanes of at least 4 members (excludes halogenated alkanes) is 3. The van der Waals surface area contributed by atoms with Crippen LogP contribution in [0.2, 0.25) is 0 Å². The van der Waals surface area contributed by atoms with Gasteiger partial charge in [0.15, 0.2) is 0 Å². The Morgan fingerprint density at radius 2 is 0.778 bits per heavy atom. The van der Waals surface area contributed by atoms with Gasteiger partial charge in [0, 0.05) is 0 Å². The van der Waals surface area contributed by atoms with Crippen molar-refractivity contribution in [2.75, 3.05) is 19.6 Å². The van der Waals surface area contributed by atoms with Crippen molar-refractivity contribution in [1.29, 1.82) is 0 Å². The topological polar surface area (TPSA) is 316 Å². The summed E-state index contributed by atoms with van der Waals surface area (Å²) in [5.41, 5.74) is 22.7. The third-order valence-electron chi connectivity index (χ3n) is 8.63. The molecule has 18 heteroatoms. The zero-order valence-corrected chi connectivity index (χ0v) is 33.2. The predicted octanol–water partition coefficient (Wildman–Crippen LogP) is -1.17. The van der Waals surface area contributed by atoms with Crippen molar-refractivity contribution in [2.45, 2.75) is 154 Å². The monoisotopic (exact) mass is 771 g/mol. The first kappa shape index (κ1) is 50.1. The van der Waals surface area contributed by atoms with E-state index in [1.807, 2.05) is 27.7 Å². The molecule has 0 saturated heterocycles. The Morgan fingerprint density at radius 3 is 1.17 bits per heavy atom. The number of rotatable bonds is 29. The van der Waals surface area contributed by atoms with Gasteiger partial charge in [-0.25, -0.2) is 4.79 Å². The molecule has 0 aliphatic carbocycles. The second-order valence-corrected chi connectivity index (χ2v) is 14.8. The normalized spacial score (nSPS) is 15.2. The molecule has 0 unspecified atom stereocenters. The maximum atomic E-state index is 13.6. The SMILES string of the molecule is CC(C)C[C@@H](NC(=O)[C@H](N)CCCCN)C(=O)N[C@H](C)C(=O)N[C@H](CCCCN)C(=O)N[C@H](CC(C)C)C(=O)N[C@H](C)C(=O)N[C@H](CCCCN)C(=O)O. The molecular weight excluding hydrogens is 700 g/mol. The molecule has 0 rings (SSSR count). The van der Waals surface area contributed by atoms with Gasteiger partial charge in [-0.1, -0.05) is 34.1 Å². The Hall–Kier alpha value is -3.87. The maximum absolute atomic E-state index is 13.6. The van der Waals surface area contributed by atoms with Gasteiger partial charge in [0.25, 0.3) is 0 Å². The van der Waals surface area contributed by atoms with Crippen molar-refractivity contribution in [2.24, 2.45) is 34.8 Å². The highest BCUT2D eigenvalue weighted by Crippen LogP contribution is 2.10. The number of carbonyl (C=O) groups is 7. The average molecular weight is 771 g/mol. The molecule has 6 amide bonds. The fraction of sp³-hybridized carbons (Fsp3) is 0.806. The lowest BCUT2D eigenvalue weighted by molar-refractivity contribution is -0.142. The van der Waals surface area contributed by atoms with Crippen LogP contribution in [0.3, 0.4) is 0 Å². The standard InChI is InChI=1S/C36H70N10O8/c1-21(2)19-28(45-32(49)25(40)13-7-10-16-37)34(51)41-23(5)30(47)43-26(14-8-11-17-38)33(50)46-29(20-22(3)4)35(52)42-24(6)31(48)44-27(36(53)54)15-9-12-18-39/h21-29H,7-20,37-40H2,1-6H3,(H,41,51)(H,42,52)(H,43,47)(H,44,48)(H,45,49)(H,46,50)(H,53,54)/t23-,24-,25-,26-,27-,28-,29-/m1/s1. The number of hydrogen-bond donors (Lipinski definition) is 11. The summed E-state index contributed by atoms with van der Waals surface area (Å²) in [5, 5.41) is 25.2. The first-order valence-corrected chi connectivity index (χ1v) is 19.3. The van der Waals surface area contributed by atoms with E-state index in [0.717, 1.165) is 0 Å².